The molecule has 1 aromatic heterocycles. The van der Waals surface area contributed by atoms with Gasteiger partial charge in [-0.15, -0.1) is 0 Å². The van der Waals surface area contributed by atoms with Crippen LogP contribution in [-0.4, -0.2) is 58.6 Å². The van der Waals surface area contributed by atoms with Gasteiger partial charge in [0.2, 0.25) is 17.6 Å². The predicted octanol–water partition coefficient (Wildman–Crippen LogP) is 4.18. The van der Waals surface area contributed by atoms with Gasteiger partial charge in [-0.1, -0.05) is 67.5 Å². The van der Waals surface area contributed by atoms with Gasteiger partial charge in [-0.05, 0) is 24.5 Å². The number of para-hydroxylation sites is 1. The largest absolute Gasteiger partial charge is 0.337 e. The second kappa shape index (κ2) is 10.1. The first-order chi connectivity index (χ1) is 15.5. The van der Waals surface area contributed by atoms with E-state index in [0.29, 0.717) is 24.2 Å². The molecule has 1 N–H and O–H groups in total. The van der Waals surface area contributed by atoms with E-state index in [1.165, 1.54) is 0 Å². The van der Waals surface area contributed by atoms with Gasteiger partial charge in [0, 0.05) is 37.4 Å². The minimum atomic E-state index is 0.0315. The Hall–Kier alpha value is -3.03. The molecule has 32 heavy (non-hydrogen) atoms. The first kappa shape index (κ1) is 22.2. The van der Waals surface area contributed by atoms with Gasteiger partial charge in [-0.3, -0.25) is 14.6 Å². The number of carbonyl (C=O) groups is 1. The number of amides is 1. The van der Waals surface area contributed by atoms with E-state index in [4.69, 9.17) is 4.52 Å². The van der Waals surface area contributed by atoms with Gasteiger partial charge in [-0.25, -0.2) is 0 Å². The fraction of sp³-hybridized carbons (Fsp3) is 0.400. The Morgan fingerprint density at radius 3 is 2.41 bits per heavy atom. The fourth-order valence-electron chi connectivity index (χ4n) is 4.08. The van der Waals surface area contributed by atoms with E-state index in [9.17, 15) is 4.79 Å². The van der Waals surface area contributed by atoms with Crippen LogP contribution in [0.5, 0.6) is 0 Å². The Labute approximate surface area is 189 Å². The summed E-state index contributed by atoms with van der Waals surface area (Å²) in [6, 6.07) is 17.9. The molecule has 0 aliphatic carbocycles. The normalized spacial score (nSPS) is 16.2. The van der Waals surface area contributed by atoms with E-state index in [0.717, 1.165) is 43.0 Å². The number of hydrogen-bond donors (Lipinski definition) is 1. The van der Waals surface area contributed by atoms with Crippen molar-refractivity contribution in [2.24, 2.45) is 0 Å². The number of aromatic nitrogens is 2. The van der Waals surface area contributed by atoms with E-state index in [1.54, 1.807) is 0 Å². The van der Waals surface area contributed by atoms with Gasteiger partial charge in [0.1, 0.15) is 0 Å². The maximum absolute atomic E-state index is 12.6. The average molecular weight is 434 g/mol. The Kier molecular flexibility index (Phi) is 6.97. The minimum Gasteiger partial charge on any atom is -0.337 e. The van der Waals surface area contributed by atoms with Gasteiger partial charge in [-0.2, -0.15) is 4.98 Å². The van der Waals surface area contributed by atoms with Crippen LogP contribution in [-0.2, 0) is 4.79 Å². The molecule has 1 amide bonds. The molecule has 1 atom stereocenters. The minimum absolute atomic E-state index is 0.0315. The van der Waals surface area contributed by atoms with Crippen molar-refractivity contribution in [2.75, 3.05) is 38.0 Å². The highest BCUT2D eigenvalue weighted by Crippen LogP contribution is 2.25. The van der Waals surface area contributed by atoms with Crippen LogP contribution < -0.4 is 5.32 Å². The van der Waals surface area contributed by atoms with Crippen LogP contribution in [0.25, 0.3) is 11.4 Å². The summed E-state index contributed by atoms with van der Waals surface area (Å²) in [5, 5.41) is 7.23. The molecule has 0 saturated carbocycles. The number of benzene rings is 2. The number of rotatable bonds is 7. The maximum Gasteiger partial charge on any atom is 0.244 e. The molecule has 2 aromatic carbocycles. The van der Waals surface area contributed by atoms with Gasteiger partial charge < -0.3 is 9.84 Å². The second-order valence-electron chi connectivity index (χ2n) is 8.60. The number of hydrogen-bond acceptors (Lipinski definition) is 6. The van der Waals surface area contributed by atoms with Crippen molar-refractivity contribution in [3.05, 3.63) is 66.1 Å². The molecule has 1 aliphatic rings. The molecule has 0 spiro atoms. The van der Waals surface area contributed by atoms with E-state index < -0.39 is 0 Å². The summed E-state index contributed by atoms with van der Waals surface area (Å²) >= 11 is 0. The molecule has 0 radical (unpaired) electrons. The average Bonchev–Trinajstić information content (AvgIpc) is 3.30. The first-order valence-corrected chi connectivity index (χ1v) is 11.3. The van der Waals surface area contributed by atoms with Crippen LogP contribution in [0.15, 0.2) is 59.1 Å². The topological polar surface area (TPSA) is 74.5 Å². The van der Waals surface area contributed by atoms with Crippen molar-refractivity contribution in [3.8, 4) is 11.4 Å². The van der Waals surface area contributed by atoms with Gasteiger partial charge in [0.25, 0.3) is 0 Å². The van der Waals surface area contributed by atoms with Crippen LogP contribution in [0.3, 0.4) is 0 Å². The van der Waals surface area contributed by atoms with Crippen LogP contribution in [0.4, 0.5) is 5.69 Å². The molecule has 4 rings (SSSR count). The summed E-state index contributed by atoms with van der Waals surface area (Å²) in [5.41, 5.74) is 3.02. The zero-order valence-corrected chi connectivity index (χ0v) is 19.0. The van der Waals surface area contributed by atoms with E-state index in [2.05, 4.69) is 52.1 Å². The molecule has 1 saturated heterocycles. The molecular formula is C25H31N5O2. The van der Waals surface area contributed by atoms with Crippen LogP contribution in [0, 0.1) is 0 Å². The number of piperazine rings is 1. The van der Waals surface area contributed by atoms with Crippen molar-refractivity contribution in [2.45, 2.75) is 32.7 Å². The lowest BCUT2D eigenvalue weighted by Crippen LogP contribution is -2.49. The quantitative estimate of drug-likeness (QED) is 0.603. The van der Waals surface area contributed by atoms with E-state index >= 15 is 0 Å². The summed E-state index contributed by atoms with van der Waals surface area (Å²) < 4.78 is 5.54. The van der Waals surface area contributed by atoms with Crippen molar-refractivity contribution < 1.29 is 9.32 Å². The molecule has 2 heterocycles. The fourth-order valence-corrected chi connectivity index (χ4v) is 4.08. The number of nitrogens with one attached hydrogen (secondary N) is 1. The van der Waals surface area contributed by atoms with Crippen LogP contribution in [0.2, 0.25) is 0 Å². The van der Waals surface area contributed by atoms with Gasteiger partial charge in [0.15, 0.2) is 0 Å². The zero-order valence-electron chi connectivity index (χ0n) is 19.0. The SMILES string of the molecule is CC(C)c1ccccc1NC(=O)CN1CCN(C(C)c2nc(-c3ccccc3)no2)CC1. The molecule has 1 unspecified atom stereocenters. The van der Waals surface area contributed by atoms with Crippen LogP contribution in [0.1, 0.15) is 44.2 Å². The molecule has 7 nitrogen and oxygen atoms in total. The first-order valence-electron chi connectivity index (χ1n) is 11.3. The summed E-state index contributed by atoms with van der Waals surface area (Å²) in [7, 11) is 0. The molecule has 0 bridgehead atoms. The van der Waals surface area contributed by atoms with E-state index in [1.807, 2.05) is 48.5 Å². The molecule has 168 valence electrons. The summed E-state index contributed by atoms with van der Waals surface area (Å²) in [6.45, 7) is 10.1. The number of anilines is 1. The van der Waals surface area contributed by atoms with Crippen LogP contribution >= 0.6 is 0 Å². The van der Waals surface area contributed by atoms with Gasteiger partial charge in [0.05, 0.1) is 12.6 Å². The molecule has 1 fully saturated rings. The van der Waals surface area contributed by atoms with Crippen molar-refractivity contribution in [1.29, 1.82) is 0 Å². The molecule has 3 aromatic rings. The highest BCUT2D eigenvalue weighted by molar-refractivity contribution is 5.93. The standard InChI is InChI=1S/C25H31N5O2/c1-18(2)21-11-7-8-12-22(21)26-23(31)17-29-13-15-30(16-14-29)19(3)25-27-24(28-32-25)20-9-5-4-6-10-20/h4-12,18-19H,13-17H2,1-3H3,(H,26,31). The predicted molar refractivity (Wildman–Crippen MR) is 125 cm³/mol. The summed E-state index contributed by atoms with van der Waals surface area (Å²) in [5.74, 6) is 1.64. The highest BCUT2D eigenvalue weighted by Gasteiger charge is 2.27. The monoisotopic (exact) mass is 433 g/mol. The molecular weight excluding hydrogens is 402 g/mol. The lowest BCUT2D eigenvalue weighted by Gasteiger charge is -2.36. The Balaban J connectivity index is 1.29. The smallest absolute Gasteiger partial charge is 0.244 e. The second-order valence-corrected chi connectivity index (χ2v) is 8.60. The third-order valence-corrected chi connectivity index (χ3v) is 6.01. The van der Waals surface area contributed by atoms with Gasteiger partial charge >= 0.3 is 0 Å². The highest BCUT2D eigenvalue weighted by atomic mass is 16.5. The lowest BCUT2D eigenvalue weighted by atomic mass is 10.0. The Morgan fingerprint density at radius 1 is 1.00 bits per heavy atom. The van der Waals surface area contributed by atoms with Crippen molar-refractivity contribution in [1.82, 2.24) is 19.9 Å². The summed E-state index contributed by atoms with van der Waals surface area (Å²) in [6.07, 6.45) is 0. The third kappa shape index (κ3) is 5.23. The third-order valence-electron chi connectivity index (χ3n) is 6.01. The summed E-state index contributed by atoms with van der Waals surface area (Å²) in [4.78, 5) is 21.7. The maximum atomic E-state index is 12.6. The Morgan fingerprint density at radius 2 is 1.69 bits per heavy atom. The molecule has 1 aliphatic heterocycles. The lowest BCUT2D eigenvalue weighted by molar-refractivity contribution is -0.117. The van der Waals surface area contributed by atoms with E-state index in [-0.39, 0.29) is 11.9 Å². The zero-order chi connectivity index (χ0) is 22.5. The van der Waals surface area contributed by atoms with Crippen molar-refractivity contribution >= 4 is 11.6 Å². The molecule has 7 heteroatoms. The number of nitrogens with zero attached hydrogens (tertiary/aromatic N) is 4. The Bertz CT molecular complexity index is 1030. The number of carbonyl (C=O) groups excluding carboxylic acids is 1. The van der Waals surface area contributed by atoms with Crippen molar-refractivity contribution in [3.63, 3.8) is 0 Å².